The summed E-state index contributed by atoms with van der Waals surface area (Å²) >= 11 is 12.6. The van der Waals surface area contributed by atoms with E-state index in [1.165, 1.54) is 0 Å². The highest BCUT2D eigenvalue weighted by Gasteiger charge is 2.11. The van der Waals surface area contributed by atoms with Gasteiger partial charge < -0.3 is 14.6 Å². The van der Waals surface area contributed by atoms with Gasteiger partial charge in [0, 0.05) is 0 Å². The molecule has 1 N–H and O–H groups in total. The molecule has 3 nitrogen and oxygen atoms in total. The van der Waals surface area contributed by atoms with Crippen molar-refractivity contribution >= 4 is 23.2 Å². The first-order chi connectivity index (χ1) is 12.1. The second kappa shape index (κ2) is 8.15. The zero-order valence-electron chi connectivity index (χ0n) is 13.3. The van der Waals surface area contributed by atoms with E-state index in [4.69, 9.17) is 32.7 Å². The van der Waals surface area contributed by atoms with Crippen molar-refractivity contribution in [2.75, 3.05) is 0 Å². The number of aromatic hydroxyl groups is 1. The molecule has 0 aliphatic heterocycles. The monoisotopic (exact) mass is 374 g/mol. The number of ether oxygens (including phenoxy) is 2. The molecule has 0 heterocycles. The van der Waals surface area contributed by atoms with Crippen molar-refractivity contribution < 1.29 is 14.6 Å². The van der Waals surface area contributed by atoms with Crippen molar-refractivity contribution in [2.45, 2.75) is 13.2 Å². The highest BCUT2D eigenvalue weighted by atomic mass is 35.5. The third kappa shape index (κ3) is 4.59. The van der Waals surface area contributed by atoms with Gasteiger partial charge in [-0.1, -0.05) is 65.7 Å². The number of hydrogen-bond donors (Lipinski definition) is 1. The van der Waals surface area contributed by atoms with Crippen LogP contribution in [-0.4, -0.2) is 5.11 Å². The van der Waals surface area contributed by atoms with E-state index in [1.54, 1.807) is 36.4 Å². The molecule has 0 spiro atoms. The summed E-state index contributed by atoms with van der Waals surface area (Å²) in [5.74, 6) is 0.931. The first-order valence-electron chi connectivity index (χ1n) is 7.69. The smallest absolute Gasteiger partial charge is 0.161 e. The van der Waals surface area contributed by atoms with Gasteiger partial charge in [-0.05, 0) is 35.4 Å². The molecule has 3 rings (SSSR count). The molecule has 0 unspecified atom stereocenters. The molecule has 128 valence electrons. The van der Waals surface area contributed by atoms with Crippen molar-refractivity contribution in [2.24, 2.45) is 0 Å². The van der Waals surface area contributed by atoms with Gasteiger partial charge in [0.25, 0.3) is 0 Å². The maximum atomic E-state index is 9.72. The summed E-state index contributed by atoms with van der Waals surface area (Å²) in [5, 5.41) is 10.6. The van der Waals surface area contributed by atoms with Crippen molar-refractivity contribution in [1.29, 1.82) is 0 Å². The molecule has 0 atom stereocenters. The number of halogens is 2. The second-order valence-electron chi connectivity index (χ2n) is 5.42. The zero-order chi connectivity index (χ0) is 17.6. The van der Waals surface area contributed by atoms with E-state index in [0.717, 1.165) is 11.1 Å². The number of para-hydroxylation sites is 2. The Morgan fingerprint density at radius 3 is 2.00 bits per heavy atom. The fourth-order valence-corrected chi connectivity index (χ4v) is 2.95. The zero-order valence-corrected chi connectivity index (χ0v) is 14.8. The van der Waals surface area contributed by atoms with Crippen molar-refractivity contribution in [3.63, 3.8) is 0 Å². The van der Waals surface area contributed by atoms with E-state index in [0.29, 0.717) is 28.2 Å². The average molecular weight is 375 g/mol. The summed E-state index contributed by atoms with van der Waals surface area (Å²) in [6.45, 7) is 0.615. The molecule has 0 saturated carbocycles. The summed E-state index contributed by atoms with van der Waals surface area (Å²) < 4.78 is 11.3. The van der Waals surface area contributed by atoms with Crippen molar-refractivity contribution in [1.82, 2.24) is 0 Å². The molecule has 0 aliphatic rings. The van der Waals surface area contributed by atoms with Crippen LogP contribution in [0.2, 0.25) is 10.0 Å². The van der Waals surface area contributed by atoms with Gasteiger partial charge in [0.2, 0.25) is 0 Å². The molecular formula is C20H16Cl2O3. The SMILES string of the molecule is Oc1ccccc1OCc1cc(Cl)c(OCc2ccccc2)c(Cl)c1. The van der Waals surface area contributed by atoms with Crippen LogP contribution in [-0.2, 0) is 13.2 Å². The van der Waals surface area contributed by atoms with Crippen LogP contribution < -0.4 is 9.47 Å². The second-order valence-corrected chi connectivity index (χ2v) is 6.23. The average Bonchev–Trinajstić information content (AvgIpc) is 2.61. The minimum Gasteiger partial charge on any atom is -0.504 e. The molecule has 0 radical (unpaired) electrons. The van der Waals surface area contributed by atoms with E-state index in [9.17, 15) is 5.11 Å². The van der Waals surface area contributed by atoms with Gasteiger partial charge >= 0.3 is 0 Å². The number of rotatable bonds is 6. The number of hydrogen-bond acceptors (Lipinski definition) is 3. The summed E-state index contributed by atoms with van der Waals surface area (Å²) in [6.07, 6.45) is 0. The Labute approximate surface area is 156 Å². The van der Waals surface area contributed by atoms with Crippen LogP contribution >= 0.6 is 23.2 Å². The first kappa shape index (κ1) is 17.5. The minimum atomic E-state index is 0.0857. The lowest BCUT2D eigenvalue weighted by Gasteiger charge is -2.13. The molecule has 0 aromatic heterocycles. The maximum Gasteiger partial charge on any atom is 0.161 e. The standard InChI is InChI=1S/C20H16Cl2O3/c21-16-10-15(13-24-19-9-5-4-8-18(19)23)11-17(22)20(16)25-12-14-6-2-1-3-7-14/h1-11,23H,12-13H2. The van der Waals surface area contributed by atoms with Crippen molar-refractivity contribution in [3.8, 4) is 17.2 Å². The number of benzene rings is 3. The Bertz CT molecular complexity index is 828. The van der Waals surface area contributed by atoms with Crippen LogP contribution in [0, 0.1) is 0 Å². The van der Waals surface area contributed by atoms with Crippen LogP contribution in [0.25, 0.3) is 0 Å². The highest BCUT2D eigenvalue weighted by Crippen LogP contribution is 2.35. The van der Waals surface area contributed by atoms with Gasteiger partial charge in [-0.3, -0.25) is 0 Å². The molecular weight excluding hydrogens is 359 g/mol. The summed E-state index contributed by atoms with van der Waals surface area (Å²) in [6, 6.07) is 20.0. The normalized spacial score (nSPS) is 10.5. The molecule has 0 aliphatic carbocycles. The third-order valence-corrected chi connectivity index (χ3v) is 4.11. The highest BCUT2D eigenvalue weighted by molar-refractivity contribution is 6.37. The van der Waals surface area contributed by atoms with Gasteiger partial charge in [-0.25, -0.2) is 0 Å². The Hall–Kier alpha value is -2.36. The van der Waals surface area contributed by atoms with Crippen LogP contribution in [0.3, 0.4) is 0 Å². The Balaban J connectivity index is 1.68. The van der Waals surface area contributed by atoms with Gasteiger partial charge in [0.15, 0.2) is 17.2 Å². The first-order valence-corrected chi connectivity index (χ1v) is 8.44. The number of phenols is 1. The predicted molar refractivity (Wildman–Crippen MR) is 99.7 cm³/mol. The van der Waals surface area contributed by atoms with Gasteiger partial charge in [-0.15, -0.1) is 0 Å². The fourth-order valence-electron chi connectivity index (χ4n) is 2.30. The maximum absolute atomic E-state index is 9.72. The lowest BCUT2D eigenvalue weighted by molar-refractivity contribution is 0.288. The van der Waals surface area contributed by atoms with Crippen LogP contribution in [0.15, 0.2) is 66.7 Å². The van der Waals surface area contributed by atoms with E-state index in [1.807, 2.05) is 30.3 Å². The third-order valence-electron chi connectivity index (χ3n) is 3.54. The molecule has 25 heavy (non-hydrogen) atoms. The van der Waals surface area contributed by atoms with Gasteiger partial charge in [-0.2, -0.15) is 0 Å². The topological polar surface area (TPSA) is 38.7 Å². The van der Waals surface area contributed by atoms with Crippen LogP contribution in [0.4, 0.5) is 0 Å². The van der Waals surface area contributed by atoms with Gasteiger partial charge in [0.1, 0.15) is 13.2 Å². The van der Waals surface area contributed by atoms with E-state index in [-0.39, 0.29) is 12.4 Å². The molecule has 3 aromatic carbocycles. The van der Waals surface area contributed by atoms with Gasteiger partial charge in [0.05, 0.1) is 10.0 Å². The van der Waals surface area contributed by atoms with Crippen molar-refractivity contribution in [3.05, 3.63) is 87.9 Å². The van der Waals surface area contributed by atoms with E-state index in [2.05, 4.69) is 0 Å². The molecule has 0 amide bonds. The quantitative estimate of drug-likeness (QED) is 0.587. The molecule has 5 heteroatoms. The number of phenolic OH excluding ortho intramolecular Hbond substituents is 1. The Morgan fingerprint density at radius 1 is 0.720 bits per heavy atom. The summed E-state index contributed by atoms with van der Waals surface area (Å²) in [7, 11) is 0. The predicted octanol–water partition coefficient (Wildman–Crippen LogP) is 5.86. The van der Waals surface area contributed by atoms with Crippen LogP contribution in [0.1, 0.15) is 11.1 Å². The Morgan fingerprint density at radius 2 is 1.32 bits per heavy atom. The fraction of sp³-hybridized carbons (Fsp3) is 0.100. The lowest BCUT2D eigenvalue weighted by atomic mass is 10.2. The minimum absolute atomic E-state index is 0.0857. The molecule has 3 aromatic rings. The summed E-state index contributed by atoms with van der Waals surface area (Å²) in [5.41, 5.74) is 1.81. The van der Waals surface area contributed by atoms with E-state index >= 15 is 0 Å². The molecule has 0 bridgehead atoms. The molecule has 0 saturated heterocycles. The lowest BCUT2D eigenvalue weighted by Crippen LogP contribution is -1.99. The summed E-state index contributed by atoms with van der Waals surface area (Å²) in [4.78, 5) is 0. The molecule has 0 fully saturated rings. The largest absolute Gasteiger partial charge is 0.504 e. The van der Waals surface area contributed by atoms with E-state index < -0.39 is 0 Å². The Kier molecular flexibility index (Phi) is 5.69. The van der Waals surface area contributed by atoms with Crippen LogP contribution in [0.5, 0.6) is 17.2 Å².